The van der Waals surface area contributed by atoms with E-state index < -0.39 is 5.97 Å². The van der Waals surface area contributed by atoms with Gasteiger partial charge in [0.05, 0.1) is 12.1 Å². The Morgan fingerprint density at radius 3 is 2.86 bits per heavy atom. The number of hydrogen-bond donors (Lipinski definition) is 2. The average Bonchev–Trinajstić information content (AvgIpc) is 3.14. The molecule has 0 aliphatic rings. The molecule has 0 fully saturated rings. The summed E-state index contributed by atoms with van der Waals surface area (Å²) < 4.78 is 5.74. The molecule has 0 radical (unpaired) electrons. The molecule has 0 aliphatic carbocycles. The van der Waals surface area contributed by atoms with E-state index in [1.807, 2.05) is 19.2 Å². The van der Waals surface area contributed by atoms with Gasteiger partial charge in [-0.2, -0.15) is 0 Å². The maximum Gasteiger partial charge on any atom is 0.336 e. The fraction of sp³-hybridized carbons (Fsp3) is 0.125. The van der Waals surface area contributed by atoms with Crippen molar-refractivity contribution in [1.82, 2.24) is 4.98 Å². The van der Waals surface area contributed by atoms with Gasteiger partial charge in [0.25, 0.3) is 0 Å². The first-order valence-electron chi connectivity index (χ1n) is 6.71. The van der Waals surface area contributed by atoms with Crippen LogP contribution in [-0.2, 0) is 6.54 Å². The molecule has 0 atom stereocenters. The number of rotatable bonds is 5. The summed E-state index contributed by atoms with van der Waals surface area (Å²) in [5, 5.41) is 13.2. The van der Waals surface area contributed by atoms with Gasteiger partial charge in [0.2, 0.25) is 0 Å². The molecule has 0 amide bonds. The molecule has 0 bridgehead atoms. The van der Waals surface area contributed by atoms with Crippen LogP contribution in [0.1, 0.15) is 21.0 Å². The number of nitrogens with zero attached hydrogens (tertiary/aromatic N) is 1. The zero-order valence-corrected chi connectivity index (χ0v) is 12.7. The third-order valence-electron chi connectivity index (χ3n) is 3.12. The van der Waals surface area contributed by atoms with Gasteiger partial charge in [-0.25, -0.2) is 9.78 Å². The van der Waals surface area contributed by atoms with Crippen LogP contribution in [0, 0.1) is 6.92 Å². The van der Waals surface area contributed by atoms with Crippen molar-refractivity contribution in [1.29, 1.82) is 0 Å². The predicted molar refractivity (Wildman–Crippen MR) is 85.3 cm³/mol. The third-order valence-corrected chi connectivity index (χ3v) is 3.99. The van der Waals surface area contributed by atoms with Crippen molar-refractivity contribution >= 4 is 22.4 Å². The molecule has 0 aliphatic heterocycles. The van der Waals surface area contributed by atoms with Crippen LogP contribution in [0.4, 0.5) is 5.13 Å². The number of furan rings is 1. The van der Waals surface area contributed by atoms with E-state index in [0.717, 1.165) is 15.8 Å². The number of aromatic carboxylic acids is 1. The third kappa shape index (κ3) is 3.01. The average molecular weight is 314 g/mol. The topological polar surface area (TPSA) is 75.4 Å². The van der Waals surface area contributed by atoms with Gasteiger partial charge in [-0.15, -0.1) is 11.3 Å². The van der Waals surface area contributed by atoms with Crippen LogP contribution in [0.3, 0.4) is 0 Å². The van der Waals surface area contributed by atoms with Crippen molar-refractivity contribution in [2.45, 2.75) is 13.5 Å². The van der Waals surface area contributed by atoms with Crippen molar-refractivity contribution in [3.05, 3.63) is 58.8 Å². The standard InChI is InChI=1S/C16H14N2O3S/c1-10-8-17-16(22-10)18-9-11-6-7-14(21-11)12-4-2-3-5-13(12)15(19)20/h2-8H,9H2,1H3,(H,17,18)(H,19,20). The van der Waals surface area contributed by atoms with E-state index in [2.05, 4.69) is 10.3 Å². The molecule has 3 aromatic rings. The highest BCUT2D eigenvalue weighted by Gasteiger charge is 2.14. The Balaban J connectivity index is 1.78. The summed E-state index contributed by atoms with van der Waals surface area (Å²) in [5.74, 6) is 0.304. The van der Waals surface area contributed by atoms with E-state index in [1.54, 1.807) is 41.7 Å². The van der Waals surface area contributed by atoms with E-state index in [0.29, 0.717) is 17.9 Å². The highest BCUT2D eigenvalue weighted by Crippen LogP contribution is 2.26. The molecule has 0 saturated carbocycles. The second-order valence-corrected chi connectivity index (χ2v) is 5.98. The fourth-order valence-corrected chi connectivity index (χ4v) is 2.76. The first kappa shape index (κ1) is 14.3. The number of carboxylic acid groups (broad SMARTS) is 1. The lowest BCUT2D eigenvalue weighted by atomic mass is 10.1. The van der Waals surface area contributed by atoms with Gasteiger partial charge in [0.15, 0.2) is 5.13 Å². The van der Waals surface area contributed by atoms with E-state index in [4.69, 9.17) is 4.42 Å². The van der Waals surface area contributed by atoms with Crippen molar-refractivity contribution in [3.63, 3.8) is 0 Å². The monoisotopic (exact) mass is 314 g/mol. The lowest BCUT2D eigenvalue weighted by Gasteiger charge is -2.03. The lowest BCUT2D eigenvalue weighted by Crippen LogP contribution is -1.98. The quantitative estimate of drug-likeness (QED) is 0.744. The van der Waals surface area contributed by atoms with Crippen LogP contribution in [-0.4, -0.2) is 16.1 Å². The summed E-state index contributed by atoms with van der Waals surface area (Å²) in [7, 11) is 0. The molecule has 0 spiro atoms. The Morgan fingerprint density at radius 2 is 2.14 bits per heavy atom. The van der Waals surface area contributed by atoms with Crippen molar-refractivity contribution in [3.8, 4) is 11.3 Å². The number of thiazole rings is 1. The Labute approximate surface area is 131 Å². The zero-order chi connectivity index (χ0) is 15.5. The number of carbonyl (C=O) groups is 1. The molecule has 6 heteroatoms. The molecule has 0 unspecified atom stereocenters. The van der Waals surface area contributed by atoms with Crippen molar-refractivity contribution in [2.24, 2.45) is 0 Å². The summed E-state index contributed by atoms with van der Waals surface area (Å²) in [4.78, 5) is 16.6. The minimum Gasteiger partial charge on any atom is -0.478 e. The van der Waals surface area contributed by atoms with Gasteiger partial charge in [0, 0.05) is 16.6 Å². The highest BCUT2D eigenvalue weighted by molar-refractivity contribution is 7.15. The number of nitrogens with one attached hydrogen (secondary N) is 1. The number of aromatic nitrogens is 1. The van der Waals surface area contributed by atoms with Crippen LogP contribution < -0.4 is 5.32 Å². The molecule has 2 aromatic heterocycles. The molecule has 112 valence electrons. The lowest BCUT2D eigenvalue weighted by molar-refractivity contribution is 0.0697. The second-order valence-electron chi connectivity index (χ2n) is 4.75. The summed E-state index contributed by atoms with van der Waals surface area (Å²) in [6, 6.07) is 10.4. The number of carboxylic acids is 1. The first-order chi connectivity index (χ1) is 10.6. The Morgan fingerprint density at radius 1 is 1.32 bits per heavy atom. The number of aryl methyl sites for hydroxylation is 1. The SMILES string of the molecule is Cc1cnc(NCc2ccc(-c3ccccc3C(=O)O)o2)s1. The van der Waals surface area contributed by atoms with Gasteiger partial charge < -0.3 is 14.8 Å². The summed E-state index contributed by atoms with van der Waals surface area (Å²) in [6.07, 6.45) is 1.81. The second kappa shape index (κ2) is 6.03. The maximum absolute atomic E-state index is 11.3. The largest absolute Gasteiger partial charge is 0.478 e. The number of hydrogen-bond acceptors (Lipinski definition) is 5. The smallest absolute Gasteiger partial charge is 0.336 e. The summed E-state index contributed by atoms with van der Waals surface area (Å²) in [5.41, 5.74) is 0.804. The van der Waals surface area contributed by atoms with Gasteiger partial charge in [-0.1, -0.05) is 18.2 Å². The van der Waals surface area contributed by atoms with Gasteiger partial charge in [-0.3, -0.25) is 0 Å². The van der Waals surface area contributed by atoms with Gasteiger partial charge >= 0.3 is 5.97 Å². The molecule has 1 aromatic carbocycles. The zero-order valence-electron chi connectivity index (χ0n) is 11.9. The minimum absolute atomic E-state index is 0.229. The minimum atomic E-state index is -0.968. The van der Waals surface area contributed by atoms with Crippen molar-refractivity contribution < 1.29 is 14.3 Å². The molecule has 22 heavy (non-hydrogen) atoms. The van der Waals surface area contributed by atoms with E-state index in [9.17, 15) is 9.90 Å². The van der Waals surface area contributed by atoms with E-state index in [-0.39, 0.29) is 5.56 Å². The Hall–Kier alpha value is -2.60. The fourth-order valence-electron chi connectivity index (χ4n) is 2.10. The highest BCUT2D eigenvalue weighted by atomic mass is 32.1. The van der Waals surface area contributed by atoms with E-state index >= 15 is 0 Å². The van der Waals surface area contributed by atoms with Crippen LogP contribution in [0.2, 0.25) is 0 Å². The molecule has 3 rings (SSSR count). The van der Waals surface area contributed by atoms with Gasteiger partial charge in [-0.05, 0) is 25.1 Å². The van der Waals surface area contributed by atoms with Gasteiger partial charge in [0.1, 0.15) is 11.5 Å². The van der Waals surface area contributed by atoms with Crippen molar-refractivity contribution in [2.75, 3.05) is 5.32 Å². The molecule has 2 N–H and O–H groups in total. The Bertz CT molecular complexity index is 807. The number of anilines is 1. The number of benzene rings is 1. The molecule has 5 nitrogen and oxygen atoms in total. The van der Waals surface area contributed by atoms with Crippen LogP contribution >= 0.6 is 11.3 Å². The molecular weight excluding hydrogens is 300 g/mol. The predicted octanol–water partition coefficient (Wildman–Crippen LogP) is 4.02. The molecule has 2 heterocycles. The Kier molecular flexibility index (Phi) is 3.93. The first-order valence-corrected chi connectivity index (χ1v) is 7.53. The molecular formula is C16H14N2O3S. The van der Waals surface area contributed by atoms with Crippen LogP contribution in [0.5, 0.6) is 0 Å². The maximum atomic E-state index is 11.3. The molecule has 0 saturated heterocycles. The summed E-state index contributed by atoms with van der Waals surface area (Å²) >= 11 is 1.57. The van der Waals surface area contributed by atoms with Crippen LogP contribution in [0.25, 0.3) is 11.3 Å². The van der Waals surface area contributed by atoms with Crippen LogP contribution in [0.15, 0.2) is 47.0 Å². The van der Waals surface area contributed by atoms with E-state index in [1.165, 1.54) is 0 Å². The normalized spacial score (nSPS) is 10.6. The summed E-state index contributed by atoms with van der Waals surface area (Å²) in [6.45, 7) is 2.50.